The van der Waals surface area contributed by atoms with Gasteiger partial charge in [0.1, 0.15) is 5.82 Å². The highest BCUT2D eigenvalue weighted by molar-refractivity contribution is 6.31. The SMILES string of the molecule is CNC(Cc1cccc(F)c1Cl)CC1CN(C)CCN1C. The summed E-state index contributed by atoms with van der Waals surface area (Å²) in [4.78, 5) is 4.78. The molecule has 0 saturated carbocycles. The fourth-order valence-corrected chi connectivity index (χ4v) is 3.16. The van der Waals surface area contributed by atoms with Gasteiger partial charge in [-0.3, -0.25) is 0 Å². The van der Waals surface area contributed by atoms with E-state index in [0.29, 0.717) is 12.1 Å². The minimum absolute atomic E-state index is 0.256. The predicted octanol–water partition coefficient (Wildman–Crippen LogP) is 2.25. The molecule has 1 N–H and O–H groups in total. The monoisotopic (exact) mass is 313 g/mol. The second-order valence-electron chi connectivity index (χ2n) is 6.04. The van der Waals surface area contributed by atoms with Crippen molar-refractivity contribution in [2.24, 2.45) is 0 Å². The van der Waals surface area contributed by atoms with E-state index < -0.39 is 0 Å². The van der Waals surface area contributed by atoms with Gasteiger partial charge in [-0.05, 0) is 45.6 Å². The van der Waals surface area contributed by atoms with Gasteiger partial charge in [-0.25, -0.2) is 4.39 Å². The lowest BCUT2D eigenvalue weighted by molar-refractivity contribution is 0.102. The van der Waals surface area contributed by atoms with E-state index in [2.05, 4.69) is 29.2 Å². The number of nitrogens with one attached hydrogen (secondary N) is 1. The first kappa shape index (κ1) is 16.7. The summed E-state index contributed by atoms with van der Waals surface area (Å²) in [5.74, 6) is -0.335. The van der Waals surface area contributed by atoms with Crippen molar-refractivity contribution in [3.8, 4) is 0 Å². The molecule has 0 spiro atoms. The molecule has 1 aromatic carbocycles. The molecular weight excluding hydrogens is 289 g/mol. The zero-order valence-electron chi connectivity index (χ0n) is 13.1. The highest BCUT2D eigenvalue weighted by Gasteiger charge is 2.25. The number of piperazine rings is 1. The highest BCUT2D eigenvalue weighted by Crippen LogP contribution is 2.22. The largest absolute Gasteiger partial charge is 0.317 e. The van der Waals surface area contributed by atoms with E-state index >= 15 is 0 Å². The third-order valence-electron chi connectivity index (χ3n) is 4.44. The Labute approximate surface area is 132 Å². The molecule has 118 valence electrons. The van der Waals surface area contributed by atoms with E-state index in [9.17, 15) is 4.39 Å². The van der Waals surface area contributed by atoms with E-state index in [4.69, 9.17) is 11.6 Å². The first-order chi connectivity index (χ1) is 10.0. The Morgan fingerprint density at radius 2 is 2.14 bits per heavy atom. The van der Waals surface area contributed by atoms with Gasteiger partial charge in [0.15, 0.2) is 0 Å². The molecule has 5 heteroatoms. The Hall–Kier alpha value is -0.680. The fraction of sp³-hybridized carbons (Fsp3) is 0.625. The Morgan fingerprint density at radius 1 is 1.38 bits per heavy atom. The van der Waals surface area contributed by atoms with Crippen LogP contribution in [0.3, 0.4) is 0 Å². The third-order valence-corrected chi connectivity index (χ3v) is 4.87. The van der Waals surface area contributed by atoms with Crippen molar-refractivity contribution in [3.05, 3.63) is 34.6 Å². The van der Waals surface area contributed by atoms with Crippen LogP contribution in [0.4, 0.5) is 4.39 Å². The zero-order chi connectivity index (χ0) is 15.4. The number of likely N-dealkylation sites (N-methyl/N-ethyl adjacent to an activating group) is 3. The molecule has 0 radical (unpaired) electrons. The minimum Gasteiger partial charge on any atom is -0.317 e. The maximum Gasteiger partial charge on any atom is 0.142 e. The minimum atomic E-state index is -0.335. The van der Waals surface area contributed by atoms with Gasteiger partial charge < -0.3 is 15.1 Å². The van der Waals surface area contributed by atoms with Gasteiger partial charge in [0, 0.05) is 31.7 Å². The van der Waals surface area contributed by atoms with Gasteiger partial charge in [0.25, 0.3) is 0 Å². The quantitative estimate of drug-likeness (QED) is 0.899. The number of rotatable bonds is 5. The van der Waals surface area contributed by atoms with Crippen molar-refractivity contribution < 1.29 is 4.39 Å². The van der Waals surface area contributed by atoms with Gasteiger partial charge in [0.05, 0.1) is 5.02 Å². The fourth-order valence-electron chi connectivity index (χ4n) is 2.96. The Morgan fingerprint density at radius 3 is 2.86 bits per heavy atom. The van der Waals surface area contributed by atoms with Crippen LogP contribution in [-0.4, -0.2) is 62.7 Å². The predicted molar refractivity (Wildman–Crippen MR) is 86.5 cm³/mol. The summed E-state index contributed by atoms with van der Waals surface area (Å²) in [6.45, 7) is 3.29. The molecule has 2 unspecified atom stereocenters. The van der Waals surface area contributed by atoms with Crippen molar-refractivity contribution in [1.29, 1.82) is 0 Å². The van der Waals surface area contributed by atoms with Crippen LogP contribution in [0, 0.1) is 5.82 Å². The topological polar surface area (TPSA) is 18.5 Å². The van der Waals surface area contributed by atoms with Crippen molar-refractivity contribution >= 4 is 11.6 Å². The average Bonchev–Trinajstić information content (AvgIpc) is 2.46. The molecule has 0 aromatic heterocycles. The highest BCUT2D eigenvalue weighted by atomic mass is 35.5. The van der Waals surface area contributed by atoms with Crippen molar-refractivity contribution in [2.75, 3.05) is 40.8 Å². The Bertz CT molecular complexity index is 469. The normalized spacial score (nSPS) is 22.4. The van der Waals surface area contributed by atoms with E-state index in [0.717, 1.165) is 38.0 Å². The summed E-state index contributed by atoms with van der Waals surface area (Å²) in [7, 11) is 6.31. The molecule has 0 aliphatic carbocycles. The van der Waals surface area contributed by atoms with Crippen molar-refractivity contribution in [3.63, 3.8) is 0 Å². The van der Waals surface area contributed by atoms with Crippen molar-refractivity contribution in [1.82, 2.24) is 15.1 Å². The summed E-state index contributed by atoms with van der Waals surface area (Å²) in [6.07, 6.45) is 1.78. The summed E-state index contributed by atoms with van der Waals surface area (Å²) >= 11 is 6.07. The number of nitrogens with zero attached hydrogens (tertiary/aromatic N) is 2. The van der Waals surface area contributed by atoms with Crippen LogP contribution in [0.1, 0.15) is 12.0 Å². The lowest BCUT2D eigenvalue weighted by atomic mass is 9.97. The van der Waals surface area contributed by atoms with Gasteiger partial charge in [0.2, 0.25) is 0 Å². The van der Waals surface area contributed by atoms with Gasteiger partial charge in [-0.15, -0.1) is 0 Å². The molecule has 1 aliphatic rings. The van der Waals surface area contributed by atoms with E-state index in [-0.39, 0.29) is 10.8 Å². The molecule has 1 heterocycles. The van der Waals surface area contributed by atoms with Crippen LogP contribution in [0.15, 0.2) is 18.2 Å². The maximum absolute atomic E-state index is 13.5. The molecule has 2 rings (SSSR count). The summed E-state index contributed by atoms with van der Waals surface area (Å²) < 4.78 is 13.5. The third kappa shape index (κ3) is 4.39. The Kier molecular flexibility index (Phi) is 5.99. The molecule has 3 nitrogen and oxygen atoms in total. The second kappa shape index (κ2) is 7.54. The molecule has 1 aromatic rings. The standard InChI is InChI=1S/C16H25ClFN3/c1-19-13(9-12-5-4-6-15(18)16(12)17)10-14-11-20(2)7-8-21(14)3/h4-6,13-14,19H,7-11H2,1-3H3. The summed E-state index contributed by atoms with van der Waals surface area (Å²) in [5, 5.41) is 3.61. The van der Waals surface area contributed by atoms with Crippen LogP contribution in [0.2, 0.25) is 5.02 Å². The first-order valence-electron chi connectivity index (χ1n) is 7.50. The smallest absolute Gasteiger partial charge is 0.142 e. The van der Waals surface area contributed by atoms with Crippen molar-refractivity contribution in [2.45, 2.75) is 24.9 Å². The number of hydrogen-bond donors (Lipinski definition) is 1. The molecule has 1 aliphatic heterocycles. The molecule has 21 heavy (non-hydrogen) atoms. The van der Waals surface area contributed by atoms with Gasteiger partial charge >= 0.3 is 0 Å². The van der Waals surface area contributed by atoms with E-state index in [1.54, 1.807) is 6.07 Å². The lowest BCUT2D eigenvalue weighted by Crippen LogP contribution is -2.52. The summed E-state index contributed by atoms with van der Waals surface area (Å²) in [5.41, 5.74) is 0.878. The average molecular weight is 314 g/mol. The summed E-state index contributed by atoms with van der Waals surface area (Å²) in [6, 6.07) is 5.86. The molecule has 0 bridgehead atoms. The van der Waals surface area contributed by atoms with Crippen LogP contribution in [0.5, 0.6) is 0 Å². The maximum atomic E-state index is 13.5. The first-order valence-corrected chi connectivity index (χ1v) is 7.88. The molecule has 2 atom stereocenters. The van der Waals surface area contributed by atoms with Crippen LogP contribution >= 0.6 is 11.6 Å². The number of benzene rings is 1. The van der Waals surface area contributed by atoms with Gasteiger partial charge in [-0.1, -0.05) is 23.7 Å². The molecular formula is C16H25ClFN3. The lowest BCUT2D eigenvalue weighted by Gasteiger charge is -2.39. The van der Waals surface area contributed by atoms with Crippen LogP contribution in [-0.2, 0) is 6.42 Å². The Balaban J connectivity index is 2.01. The van der Waals surface area contributed by atoms with E-state index in [1.165, 1.54) is 6.07 Å². The van der Waals surface area contributed by atoms with Crippen LogP contribution in [0.25, 0.3) is 0 Å². The molecule has 1 saturated heterocycles. The van der Waals surface area contributed by atoms with E-state index in [1.807, 2.05) is 13.1 Å². The number of halogens is 2. The number of hydrogen-bond acceptors (Lipinski definition) is 3. The molecule has 1 fully saturated rings. The van der Waals surface area contributed by atoms with Gasteiger partial charge in [-0.2, -0.15) is 0 Å². The second-order valence-corrected chi connectivity index (χ2v) is 6.41. The molecule has 0 amide bonds. The van der Waals surface area contributed by atoms with Crippen LogP contribution < -0.4 is 5.32 Å². The zero-order valence-corrected chi connectivity index (χ0v) is 13.8.